The third-order valence-corrected chi connectivity index (χ3v) is 5.47. The largest absolute Gasteiger partial charge is 0.378 e. The first kappa shape index (κ1) is 20.8. The van der Waals surface area contributed by atoms with Crippen LogP contribution in [0.5, 0.6) is 0 Å². The van der Waals surface area contributed by atoms with Crippen LogP contribution in [0.25, 0.3) is 0 Å². The highest BCUT2D eigenvalue weighted by atomic mass is 19.1. The van der Waals surface area contributed by atoms with Crippen LogP contribution in [-0.4, -0.2) is 55.8 Å². The van der Waals surface area contributed by atoms with Crippen LogP contribution < -0.4 is 4.90 Å². The molecule has 1 aliphatic rings. The van der Waals surface area contributed by atoms with E-state index in [4.69, 9.17) is 0 Å². The fourth-order valence-electron chi connectivity index (χ4n) is 3.67. The van der Waals surface area contributed by atoms with Gasteiger partial charge in [0.15, 0.2) is 0 Å². The molecule has 0 atom stereocenters. The minimum absolute atomic E-state index is 0.0710. The zero-order chi connectivity index (χ0) is 21.0. The third-order valence-electron chi connectivity index (χ3n) is 5.47. The Morgan fingerprint density at radius 1 is 0.966 bits per heavy atom. The predicted octanol–water partition coefficient (Wildman–Crippen LogP) is 3.40. The van der Waals surface area contributed by atoms with Gasteiger partial charge in [-0.05, 0) is 54.8 Å². The van der Waals surface area contributed by atoms with Crippen molar-refractivity contribution in [2.75, 3.05) is 39.1 Å². The van der Waals surface area contributed by atoms with Gasteiger partial charge in [-0.25, -0.2) is 4.39 Å². The number of amides is 2. The lowest BCUT2D eigenvalue weighted by molar-refractivity contribution is -0.136. The van der Waals surface area contributed by atoms with E-state index < -0.39 is 0 Å². The van der Waals surface area contributed by atoms with Gasteiger partial charge in [0.2, 0.25) is 5.91 Å². The fourth-order valence-corrected chi connectivity index (χ4v) is 3.67. The molecule has 0 aliphatic carbocycles. The quantitative estimate of drug-likeness (QED) is 0.777. The zero-order valence-corrected chi connectivity index (χ0v) is 17.3. The van der Waals surface area contributed by atoms with Crippen molar-refractivity contribution in [3.8, 4) is 0 Å². The van der Waals surface area contributed by atoms with Crippen LogP contribution in [-0.2, 0) is 11.3 Å². The van der Waals surface area contributed by atoms with Crippen molar-refractivity contribution in [1.82, 2.24) is 9.80 Å². The summed E-state index contributed by atoms with van der Waals surface area (Å²) in [5.41, 5.74) is 2.70. The summed E-state index contributed by atoms with van der Waals surface area (Å²) in [7, 11) is 5.83. The standard InChI is InChI=1S/C23H28FN3O2/c1-25(2)21-10-4-17(5-11-21)16-26(3)22(28)19-12-14-27(15-13-19)23(29)18-6-8-20(24)9-7-18/h4-11,19H,12-16H2,1-3H3. The molecule has 0 radical (unpaired) electrons. The van der Waals surface area contributed by atoms with Crippen LogP contribution in [0.2, 0.25) is 0 Å². The molecule has 2 aromatic rings. The highest BCUT2D eigenvalue weighted by Crippen LogP contribution is 2.22. The topological polar surface area (TPSA) is 43.9 Å². The summed E-state index contributed by atoms with van der Waals surface area (Å²) in [5.74, 6) is -0.413. The fraction of sp³-hybridized carbons (Fsp3) is 0.391. The molecular weight excluding hydrogens is 369 g/mol. The molecule has 1 saturated heterocycles. The average molecular weight is 397 g/mol. The number of likely N-dealkylation sites (tertiary alicyclic amines) is 1. The van der Waals surface area contributed by atoms with Crippen LogP contribution in [0, 0.1) is 11.7 Å². The Kier molecular flexibility index (Phi) is 6.52. The second kappa shape index (κ2) is 9.07. The third kappa shape index (κ3) is 5.13. The number of rotatable bonds is 5. The monoisotopic (exact) mass is 397 g/mol. The number of hydrogen-bond acceptors (Lipinski definition) is 3. The Labute approximate surface area is 171 Å². The number of nitrogens with zero attached hydrogens (tertiary/aromatic N) is 3. The van der Waals surface area contributed by atoms with Gasteiger partial charge in [0, 0.05) is 57.9 Å². The van der Waals surface area contributed by atoms with Crippen molar-refractivity contribution in [2.24, 2.45) is 5.92 Å². The number of halogens is 1. The lowest BCUT2D eigenvalue weighted by Crippen LogP contribution is -2.43. The van der Waals surface area contributed by atoms with Crippen molar-refractivity contribution >= 4 is 17.5 Å². The van der Waals surface area contributed by atoms with E-state index in [1.807, 2.05) is 50.3 Å². The number of carbonyl (C=O) groups is 2. The van der Waals surface area contributed by atoms with E-state index >= 15 is 0 Å². The number of hydrogen-bond donors (Lipinski definition) is 0. The molecular formula is C23H28FN3O2. The smallest absolute Gasteiger partial charge is 0.253 e. The van der Waals surface area contributed by atoms with E-state index in [1.54, 1.807) is 9.80 Å². The van der Waals surface area contributed by atoms with Gasteiger partial charge in [0.05, 0.1) is 0 Å². The zero-order valence-electron chi connectivity index (χ0n) is 17.3. The number of anilines is 1. The Morgan fingerprint density at radius 3 is 2.10 bits per heavy atom. The molecule has 0 spiro atoms. The second-order valence-corrected chi connectivity index (χ2v) is 7.83. The SMILES string of the molecule is CN(Cc1ccc(N(C)C)cc1)C(=O)C1CCN(C(=O)c2ccc(F)cc2)CC1. The van der Waals surface area contributed by atoms with Crippen molar-refractivity contribution in [2.45, 2.75) is 19.4 Å². The lowest BCUT2D eigenvalue weighted by atomic mass is 9.94. The van der Waals surface area contributed by atoms with Crippen molar-refractivity contribution in [3.63, 3.8) is 0 Å². The first-order valence-electron chi connectivity index (χ1n) is 9.91. The second-order valence-electron chi connectivity index (χ2n) is 7.83. The average Bonchev–Trinajstić information content (AvgIpc) is 2.73. The van der Waals surface area contributed by atoms with Crippen LogP contribution >= 0.6 is 0 Å². The summed E-state index contributed by atoms with van der Waals surface area (Å²) in [6.45, 7) is 1.65. The summed E-state index contributed by atoms with van der Waals surface area (Å²) in [6.07, 6.45) is 1.30. The Morgan fingerprint density at radius 2 is 1.55 bits per heavy atom. The molecule has 2 amide bonds. The molecule has 0 saturated carbocycles. The summed E-state index contributed by atoms with van der Waals surface area (Å²) in [6, 6.07) is 13.8. The van der Waals surface area contributed by atoms with E-state index in [2.05, 4.69) is 0 Å². The van der Waals surface area contributed by atoms with Gasteiger partial charge in [0.25, 0.3) is 5.91 Å². The van der Waals surface area contributed by atoms with Crippen LogP contribution in [0.1, 0.15) is 28.8 Å². The number of piperidine rings is 1. The van der Waals surface area contributed by atoms with Gasteiger partial charge in [-0.3, -0.25) is 9.59 Å². The number of benzene rings is 2. The van der Waals surface area contributed by atoms with E-state index in [9.17, 15) is 14.0 Å². The van der Waals surface area contributed by atoms with Gasteiger partial charge < -0.3 is 14.7 Å². The molecule has 3 rings (SSSR count). The minimum Gasteiger partial charge on any atom is -0.378 e. The summed E-state index contributed by atoms with van der Waals surface area (Å²) in [4.78, 5) is 30.9. The Balaban J connectivity index is 1.52. The molecule has 29 heavy (non-hydrogen) atoms. The van der Waals surface area contributed by atoms with Gasteiger partial charge in [-0.2, -0.15) is 0 Å². The first-order valence-corrected chi connectivity index (χ1v) is 9.91. The normalized spacial score (nSPS) is 14.6. The number of carbonyl (C=O) groups excluding carboxylic acids is 2. The Hall–Kier alpha value is -2.89. The van der Waals surface area contributed by atoms with Gasteiger partial charge >= 0.3 is 0 Å². The van der Waals surface area contributed by atoms with Crippen molar-refractivity contribution in [1.29, 1.82) is 0 Å². The van der Waals surface area contributed by atoms with E-state index in [-0.39, 0.29) is 23.5 Å². The maximum Gasteiger partial charge on any atom is 0.253 e. The van der Waals surface area contributed by atoms with E-state index in [0.29, 0.717) is 38.0 Å². The minimum atomic E-state index is -0.356. The highest BCUT2D eigenvalue weighted by molar-refractivity contribution is 5.94. The lowest BCUT2D eigenvalue weighted by Gasteiger charge is -2.33. The summed E-state index contributed by atoms with van der Waals surface area (Å²) >= 11 is 0. The van der Waals surface area contributed by atoms with Gasteiger partial charge in [0.1, 0.15) is 5.82 Å². The molecule has 1 fully saturated rings. The first-order chi connectivity index (χ1) is 13.8. The maximum atomic E-state index is 13.1. The highest BCUT2D eigenvalue weighted by Gasteiger charge is 2.29. The molecule has 154 valence electrons. The van der Waals surface area contributed by atoms with E-state index in [0.717, 1.165) is 11.3 Å². The predicted molar refractivity (Wildman–Crippen MR) is 112 cm³/mol. The van der Waals surface area contributed by atoms with E-state index in [1.165, 1.54) is 24.3 Å². The molecule has 0 bridgehead atoms. The van der Waals surface area contributed by atoms with Crippen LogP contribution in [0.15, 0.2) is 48.5 Å². The van der Waals surface area contributed by atoms with Gasteiger partial charge in [-0.15, -0.1) is 0 Å². The molecule has 2 aromatic carbocycles. The molecule has 0 unspecified atom stereocenters. The summed E-state index contributed by atoms with van der Waals surface area (Å²) in [5, 5.41) is 0. The molecule has 1 heterocycles. The molecule has 5 nitrogen and oxygen atoms in total. The molecule has 6 heteroatoms. The van der Waals surface area contributed by atoms with Crippen LogP contribution in [0.4, 0.5) is 10.1 Å². The van der Waals surface area contributed by atoms with Crippen molar-refractivity contribution in [3.05, 3.63) is 65.5 Å². The van der Waals surface area contributed by atoms with Gasteiger partial charge in [-0.1, -0.05) is 12.1 Å². The molecule has 0 N–H and O–H groups in total. The molecule has 1 aliphatic heterocycles. The summed E-state index contributed by atoms with van der Waals surface area (Å²) < 4.78 is 13.1. The van der Waals surface area contributed by atoms with Crippen LogP contribution in [0.3, 0.4) is 0 Å². The molecule has 0 aromatic heterocycles. The Bertz CT molecular complexity index is 841. The maximum absolute atomic E-state index is 13.1. The van der Waals surface area contributed by atoms with Crippen molar-refractivity contribution < 1.29 is 14.0 Å².